The molecule has 0 atom stereocenters. The van der Waals surface area contributed by atoms with Gasteiger partial charge in [-0.3, -0.25) is 9.36 Å². The third kappa shape index (κ3) is 3.75. The maximum atomic E-state index is 12.2. The summed E-state index contributed by atoms with van der Waals surface area (Å²) < 4.78 is 7.17. The highest BCUT2D eigenvalue weighted by Crippen LogP contribution is 2.31. The Labute approximate surface area is 161 Å². The van der Waals surface area contributed by atoms with Crippen molar-refractivity contribution in [3.05, 3.63) is 54.6 Å². The van der Waals surface area contributed by atoms with E-state index in [2.05, 4.69) is 37.1 Å². The second-order valence-electron chi connectivity index (χ2n) is 5.99. The van der Waals surface area contributed by atoms with Gasteiger partial charge in [0.1, 0.15) is 5.75 Å². The summed E-state index contributed by atoms with van der Waals surface area (Å²) in [5.41, 5.74) is 1.83. The molecule has 7 nitrogen and oxygen atoms in total. The van der Waals surface area contributed by atoms with Gasteiger partial charge in [-0.2, -0.15) is 0 Å². The van der Waals surface area contributed by atoms with E-state index in [-0.39, 0.29) is 11.7 Å². The van der Waals surface area contributed by atoms with Crippen LogP contribution in [0.2, 0.25) is 0 Å². The van der Waals surface area contributed by atoms with Crippen LogP contribution in [-0.4, -0.2) is 40.1 Å². The Balaban J connectivity index is 1.37. The average Bonchev–Trinajstić information content (AvgIpc) is 3.30. The third-order valence-electron chi connectivity index (χ3n) is 4.26. The van der Waals surface area contributed by atoms with Gasteiger partial charge in [0.15, 0.2) is 5.16 Å². The molecule has 0 saturated heterocycles. The van der Waals surface area contributed by atoms with Crippen molar-refractivity contribution in [2.75, 3.05) is 29.6 Å². The molecule has 0 spiro atoms. The number of nitrogens with one attached hydrogen (secondary N) is 1. The zero-order valence-corrected chi connectivity index (χ0v) is 15.6. The average molecular weight is 381 g/mol. The van der Waals surface area contributed by atoms with Crippen molar-refractivity contribution < 1.29 is 9.53 Å². The Bertz CT molecular complexity index is 927. The molecule has 0 aliphatic carbocycles. The van der Waals surface area contributed by atoms with E-state index < -0.39 is 0 Å². The van der Waals surface area contributed by atoms with Gasteiger partial charge in [-0.1, -0.05) is 30.0 Å². The number of hydrogen-bond acceptors (Lipinski definition) is 6. The SMILES string of the molecule is COc1ccc(NC(=O)CSc2nnc3n2CCN3c2ccccc2)cc1. The van der Waals surface area contributed by atoms with Crippen molar-refractivity contribution in [3.63, 3.8) is 0 Å². The number of para-hydroxylation sites is 1. The molecule has 2 heterocycles. The molecule has 0 unspecified atom stereocenters. The number of carbonyl (C=O) groups is 1. The van der Waals surface area contributed by atoms with E-state index in [1.165, 1.54) is 11.8 Å². The molecule has 1 aromatic heterocycles. The van der Waals surface area contributed by atoms with Crippen LogP contribution in [0.15, 0.2) is 59.8 Å². The van der Waals surface area contributed by atoms with E-state index in [0.717, 1.165) is 41.3 Å². The summed E-state index contributed by atoms with van der Waals surface area (Å²) in [4.78, 5) is 14.4. The van der Waals surface area contributed by atoms with Gasteiger partial charge < -0.3 is 15.0 Å². The Kier molecular flexibility index (Phi) is 4.97. The zero-order chi connectivity index (χ0) is 18.6. The van der Waals surface area contributed by atoms with E-state index in [0.29, 0.717) is 0 Å². The van der Waals surface area contributed by atoms with Gasteiger partial charge in [0.2, 0.25) is 11.9 Å². The summed E-state index contributed by atoms with van der Waals surface area (Å²) in [6.45, 7) is 1.65. The Morgan fingerprint density at radius 3 is 2.63 bits per heavy atom. The molecule has 1 aliphatic rings. The lowest BCUT2D eigenvalue weighted by atomic mass is 10.3. The first-order chi connectivity index (χ1) is 13.2. The zero-order valence-electron chi connectivity index (χ0n) is 14.8. The molecule has 4 rings (SSSR count). The molecule has 0 saturated carbocycles. The number of carbonyl (C=O) groups excluding carboxylic acids is 1. The minimum atomic E-state index is -0.0829. The van der Waals surface area contributed by atoms with Gasteiger partial charge >= 0.3 is 0 Å². The number of hydrogen-bond donors (Lipinski definition) is 1. The largest absolute Gasteiger partial charge is 0.497 e. The van der Waals surface area contributed by atoms with Crippen molar-refractivity contribution in [1.82, 2.24) is 14.8 Å². The van der Waals surface area contributed by atoms with Gasteiger partial charge in [-0.15, -0.1) is 10.2 Å². The van der Waals surface area contributed by atoms with Crippen LogP contribution in [0.4, 0.5) is 17.3 Å². The summed E-state index contributed by atoms with van der Waals surface area (Å²) in [7, 11) is 1.61. The van der Waals surface area contributed by atoms with Gasteiger partial charge in [-0.25, -0.2) is 0 Å². The van der Waals surface area contributed by atoms with Crippen LogP contribution in [0.25, 0.3) is 0 Å². The quantitative estimate of drug-likeness (QED) is 0.661. The van der Waals surface area contributed by atoms with Crippen molar-refractivity contribution >= 4 is 35.0 Å². The van der Waals surface area contributed by atoms with Gasteiger partial charge in [0.25, 0.3) is 0 Å². The van der Waals surface area contributed by atoms with Crippen LogP contribution in [-0.2, 0) is 11.3 Å². The molecule has 0 radical (unpaired) electrons. The van der Waals surface area contributed by atoms with E-state index in [4.69, 9.17) is 4.74 Å². The number of methoxy groups -OCH3 is 1. The predicted molar refractivity (Wildman–Crippen MR) is 106 cm³/mol. The Morgan fingerprint density at radius 2 is 1.89 bits per heavy atom. The number of thioether (sulfide) groups is 1. The molecular weight excluding hydrogens is 362 g/mol. The normalized spacial score (nSPS) is 12.7. The molecule has 1 N–H and O–H groups in total. The maximum Gasteiger partial charge on any atom is 0.234 e. The van der Waals surface area contributed by atoms with E-state index in [9.17, 15) is 4.79 Å². The second kappa shape index (κ2) is 7.71. The first-order valence-electron chi connectivity index (χ1n) is 8.57. The van der Waals surface area contributed by atoms with E-state index in [1.54, 1.807) is 7.11 Å². The van der Waals surface area contributed by atoms with Crippen LogP contribution in [0, 0.1) is 0 Å². The molecule has 1 aliphatic heterocycles. The highest BCUT2D eigenvalue weighted by atomic mass is 32.2. The van der Waals surface area contributed by atoms with Gasteiger partial charge in [-0.05, 0) is 36.4 Å². The van der Waals surface area contributed by atoms with E-state index in [1.807, 2.05) is 42.5 Å². The van der Waals surface area contributed by atoms with E-state index >= 15 is 0 Å². The van der Waals surface area contributed by atoms with Gasteiger partial charge in [0, 0.05) is 24.5 Å². The molecule has 2 aromatic carbocycles. The van der Waals surface area contributed by atoms with Crippen molar-refractivity contribution in [2.24, 2.45) is 0 Å². The van der Waals surface area contributed by atoms with Crippen molar-refractivity contribution in [2.45, 2.75) is 11.7 Å². The minimum Gasteiger partial charge on any atom is -0.497 e. The lowest BCUT2D eigenvalue weighted by Gasteiger charge is -2.14. The Morgan fingerprint density at radius 1 is 1.11 bits per heavy atom. The summed E-state index contributed by atoms with van der Waals surface area (Å²) in [6, 6.07) is 17.4. The summed E-state index contributed by atoms with van der Waals surface area (Å²) >= 11 is 1.39. The maximum absolute atomic E-state index is 12.2. The first-order valence-corrected chi connectivity index (χ1v) is 9.55. The highest BCUT2D eigenvalue weighted by molar-refractivity contribution is 7.99. The molecule has 0 bridgehead atoms. The summed E-state index contributed by atoms with van der Waals surface area (Å²) in [5.74, 6) is 1.76. The molecule has 1 amide bonds. The van der Waals surface area contributed by atoms with Crippen molar-refractivity contribution in [3.8, 4) is 5.75 Å². The summed E-state index contributed by atoms with van der Waals surface area (Å²) in [6.07, 6.45) is 0. The number of anilines is 3. The fourth-order valence-electron chi connectivity index (χ4n) is 2.94. The first kappa shape index (κ1) is 17.4. The fourth-order valence-corrected chi connectivity index (χ4v) is 3.70. The molecule has 138 valence electrons. The van der Waals surface area contributed by atoms with Crippen LogP contribution in [0.1, 0.15) is 0 Å². The van der Waals surface area contributed by atoms with Crippen molar-refractivity contribution in [1.29, 1.82) is 0 Å². The monoisotopic (exact) mass is 381 g/mol. The number of nitrogens with zero attached hydrogens (tertiary/aromatic N) is 4. The number of amides is 1. The highest BCUT2D eigenvalue weighted by Gasteiger charge is 2.26. The Hall–Kier alpha value is -3.00. The molecule has 27 heavy (non-hydrogen) atoms. The van der Waals surface area contributed by atoms with Crippen LogP contribution < -0.4 is 15.0 Å². The molecule has 8 heteroatoms. The number of rotatable bonds is 6. The molecule has 3 aromatic rings. The van der Waals surface area contributed by atoms with Crippen LogP contribution in [0.5, 0.6) is 5.75 Å². The van der Waals surface area contributed by atoms with Crippen LogP contribution >= 0.6 is 11.8 Å². The minimum absolute atomic E-state index is 0.0829. The fraction of sp³-hybridized carbons (Fsp3) is 0.211. The topological polar surface area (TPSA) is 72.3 Å². The molecular formula is C19H19N5O2S. The number of benzene rings is 2. The number of ether oxygens (including phenoxy) is 1. The lowest BCUT2D eigenvalue weighted by molar-refractivity contribution is -0.113. The number of fused-ring (bicyclic) bond motifs is 1. The predicted octanol–water partition coefficient (Wildman–Crippen LogP) is 3.17. The third-order valence-corrected chi connectivity index (χ3v) is 5.23. The van der Waals surface area contributed by atoms with Gasteiger partial charge in [0.05, 0.1) is 12.9 Å². The molecule has 0 fully saturated rings. The lowest BCUT2D eigenvalue weighted by Crippen LogP contribution is -2.14. The number of aromatic nitrogens is 3. The second-order valence-corrected chi connectivity index (χ2v) is 6.93. The standard InChI is InChI=1S/C19H19N5O2S/c1-26-16-9-7-14(8-10-16)20-17(25)13-27-19-22-21-18-23(11-12-24(18)19)15-5-3-2-4-6-15/h2-10H,11-13H2,1H3,(H,20,25). The van der Waals surface area contributed by atoms with Crippen LogP contribution in [0.3, 0.4) is 0 Å². The summed E-state index contributed by atoms with van der Waals surface area (Å²) in [5, 5.41) is 12.2. The smallest absolute Gasteiger partial charge is 0.234 e.